The van der Waals surface area contributed by atoms with Crippen molar-refractivity contribution in [3.63, 3.8) is 0 Å². The van der Waals surface area contributed by atoms with Crippen LogP contribution in [-0.4, -0.2) is 32.0 Å². The lowest BCUT2D eigenvalue weighted by molar-refractivity contribution is -0.140. The zero-order chi connectivity index (χ0) is 8.53. The van der Waals surface area contributed by atoms with E-state index in [9.17, 15) is 4.79 Å². The first-order valence-corrected chi connectivity index (χ1v) is 4.21. The molecule has 0 rings (SSSR count). The van der Waals surface area contributed by atoms with Crippen molar-refractivity contribution in [3.8, 4) is 0 Å². The van der Waals surface area contributed by atoms with Gasteiger partial charge < -0.3 is 10.1 Å². The molecule has 3 nitrogen and oxygen atoms in total. The van der Waals surface area contributed by atoms with Crippen LogP contribution in [0, 0.1) is 0 Å². The van der Waals surface area contributed by atoms with Gasteiger partial charge in [-0.3, -0.25) is 4.79 Å². The van der Waals surface area contributed by atoms with Gasteiger partial charge in [-0.05, 0) is 26.4 Å². The molecule has 11 heavy (non-hydrogen) atoms. The summed E-state index contributed by atoms with van der Waals surface area (Å²) in [6.45, 7) is 1.44. The molecule has 0 aromatic rings. The van der Waals surface area contributed by atoms with Crippen molar-refractivity contribution >= 4 is 17.6 Å². The lowest BCUT2D eigenvalue weighted by Crippen LogP contribution is -2.11. The third-order valence-electron chi connectivity index (χ3n) is 1.19. The molecule has 0 radical (unpaired) electrons. The monoisotopic (exact) mass is 179 g/mol. The van der Waals surface area contributed by atoms with Gasteiger partial charge in [0.25, 0.3) is 0 Å². The molecule has 0 bridgehead atoms. The second-order valence-electron chi connectivity index (χ2n) is 2.16. The van der Waals surface area contributed by atoms with Crippen LogP contribution in [0.1, 0.15) is 12.8 Å². The Morgan fingerprint density at radius 2 is 2.27 bits per heavy atom. The summed E-state index contributed by atoms with van der Waals surface area (Å²) < 4.78 is 4.74. The van der Waals surface area contributed by atoms with Crippen molar-refractivity contribution < 1.29 is 9.53 Å². The summed E-state index contributed by atoms with van der Waals surface area (Å²) in [5.74, 6) is -0.386. The van der Waals surface area contributed by atoms with Crippen molar-refractivity contribution in [1.29, 1.82) is 0 Å². The first-order chi connectivity index (χ1) is 5.31. The largest absolute Gasteiger partial charge is 0.465 e. The van der Waals surface area contributed by atoms with Crippen LogP contribution in [0.25, 0.3) is 0 Å². The zero-order valence-electron chi connectivity index (χ0n) is 6.73. The van der Waals surface area contributed by atoms with Gasteiger partial charge in [-0.2, -0.15) is 0 Å². The standard InChI is InChI=1S/C7H14ClNO2/c1-9-4-2-3-5-11-7(10)6-8/h9H,2-6H2,1H3. The number of carbonyl (C=O) groups is 1. The summed E-state index contributed by atoms with van der Waals surface area (Å²) in [6, 6.07) is 0. The molecule has 0 heterocycles. The smallest absolute Gasteiger partial charge is 0.320 e. The number of ether oxygens (including phenoxy) is 1. The minimum absolute atomic E-state index is 0.0496. The van der Waals surface area contributed by atoms with Crippen LogP contribution < -0.4 is 5.32 Å². The molecule has 66 valence electrons. The zero-order valence-corrected chi connectivity index (χ0v) is 7.49. The molecule has 0 aromatic heterocycles. The van der Waals surface area contributed by atoms with Gasteiger partial charge in [-0.25, -0.2) is 0 Å². The number of unbranched alkanes of at least 4 members (excludes halogenated alkanes) is 1. The Morgan fingerprint density at radius 3 is 2.82 bits per heavy atom. The summed E-state index contributed by atoms with van der Waals surface area (Å²) in [6.07, 6.45) is 1.91. The lowest BCUT2D eigenvalue weighted by atomic mass is 10.3. The molecule has 0 spiro atoms. The number of alkyl halides is 1. The van der Waals surface area contributed by atoms with Crippen LogP contribution in [-0.2, 0) is 9.53 Å². The van der Waals surface area contributed by atoms with Crippen LogP contribution in [0.5, 0.6) is 0 Å². The van der Waals surface area contributed by atoms with Gasteiger partial charge in [-0.15, -0.1) is 11.6 Å². The summed E-state index contributed by atoms with van der Waals surface area (Å²) >= 11 is 5.21. The molecule has 4 heteroatoms. The quantitative estimate of drug-likeness (QED) is 0.372. The molecule has 0 atom stereocenters. The Labute approximate surface area is 72.1 Å². The lowest BCUT2D eigenvalue weighted by Gasteiger charge is -2.01. The molecular weight excluding hydrogens is 166 g/mol. The van der Waals surface area contributed by atoms with Gasteiger partial charge in [-0.1, -0.05) is 0 Å². The highest BCUT2D eigenvalue weighted by Gasteiger charge is 1.97. The van der Waals surface area contributed by atoms with Gasteiger partial charge in [0.2, 0.25) is 0 Å². The van der Waals surface area contributed by atoms with E-state index < -0.39 is 0 Å². The van der Waals surface area contributed by atoms with E-state index >= 15 is 0 Å². The van der Waals surface area contributed by atoms with E-state index in [1.807, 2.05) is 7.05 Å². The van der Waals surface area contributed by atoms with Crippen LogP contribution in [0.4, 0.5) is 0 Å². The Bertz CT molecular complexity index is 109. The number of nitrogens with one attached hydrogen (secondary N) is 1. The van der Waals surface area contributed by atoms with Gasteiger partial charge in [0.05, 0.1) is 6.61 Å². The average Bonchev–Trinajstić information content (AvgIpc) is 2.04. The van der Waals surface area contributed by atoms with E-state index in [4.69, 9.17) is 16.3 Å². The maximum atomic E-state index is 10.5. The van der Waals surface area contributed by atoms with Crippen LogP contribution in [0.2, 0.25) is 0 Å². The fourth-order valence-electron chi connectivity index (χ4n) is 0.628. The summed E-state index contributed by atoms with van der Waals surface area (Å²) in [5, 5.41) is 3.00. The second-order valence-corrected chi connectivity index (χ2v) is 2.43. The van der Waals surface area contributed by atoms with Crippen LogP contribution >= 0.6 is 11.6 Å². The Balaban J connectivity index is 2.95. The highest BCUT2D eigenvalue weighted by atomic mass is 35.5. The fraction of sp³-hybridized carbons (Fsp3) is 0.857. The highest BCUT2D eigenvalue weighted by molar-refractivity contribution is 6.26. The topological polar surface area (TPSA) is 38.3 Å². The molecule has 0 aliphatic heterocycles. The van der Waals surface area contributed by atoms with Crippen molar-refractivity contribution in [3.05, 3.63) is 0 Å². The molecule has 0 saturated carbocycles. The molecular formula is C7H14ClNO2. The van der Waals surface area contributed by atoms with E-state index in [-0.39, 0.29) is 11.8 Å². The number of hydrogen-bond acceptors (Lipinski definition) is 3. The van der Waals surface area contributed by atoms with Crippen molar-refractivity contribution in [2.45, 2.75) is 12.8 Å². The third-order valence-corrected chi connectivity index (χ3v) is 1.41. The molecule has 0 amide bonds. The minimum atomic E-state index is -0.337. The predicted molar refractivity (Wildman–Crippen MR) is 44.8 cm³/mol. The SMILES string of the molecule is CNCCCCOC(=O)CCl. The van der Waals surface area contributed by atoms with Crippen molar-refractivity contribution in [1.82, 2.24) is 5.32 Å². The fourth-order valence-corrected chi connectivity index (χ4v) is 0.706. The summed E-state index contributed by atoms with van der Waals surface area (Å²) in [5.41, 5.74) is 0. The summed E-state index contributed by atoms with van der Waals surface area (Å²) in [4.78, 5) is 10.5. The van der Waals surface area contributed by atoms with E-state index in [2.05, 4.69) is 5.32 Å². The molecule has 0 aliphatic carbocycles. The van der Waals surface area contributed by atoms with Gasteiger partial charge in [0, 0.05) is 0 Å². The number of esters is 1. The second kappa shape index (κ2) is 7.82. The van der Waals surface area contributed by atoms with Crippen LogP contribution in [0.3, 0.4) is 0 Å². The Hall–Kier alpha value is -0.280. The van der Waals surface area contributed by atoms with Crippen molar-refractivity contribution in [2.24, 2.45) is 0 Å². The van der Waals surface area contributed by atoms with Crippen molar-refractivity contribution in [2.75, 3.05) is 26.1 Å². The number of halogens is 1. The van der Waals surface area contributed by atoms with Gasteiger partial charge in [0.15, 0.2) is 0 Å². The molecule has 0 aliphatic rings. The maximum absolute atomic E-state index is 10.5. The van der Waals surface area contributed by atoms with Gasteiger partial charge in [0.1, 0.15) is 5.88 Å². The number of rotatable bonds is 6. The summed E-state index contributed by atoms with van der Waals surface area (Å²) in [7, 11) is 1.89. The Morgan fingerprint density at radius 1 is 1.55 bits per heavy atom. The first-order valence-electron chi connectivity index (χ1n) is 3.67. The van der Waals surface area contributed by atoms with E-state index in [1.165, 1.54) is 0 Å². The normalized spacial score (nSPS) is 9.64. The average molecular weight is 180 g/mol. The molecule has 1 N–H and O–H groups in total. The van der Waals surface area contributed by atoms with Crippen LogP contribution in [0.15, 0.2) is 0 Å². The predicted octanol–water partition coefficient (Wildman–Crippen LogP) is 0.768. The number of carbonyl (C=O) groups excluding carboxylic acids is 1. The maximum Gasteiger partial charge on any atom is 0.320 e. The highest BCUT2D eigenvalue weighted by Crippen LogP contribution is 1.90. The molecule has 0 saturated heterocycles. The van der Waals surface area contributed by atoms with E-state index in [0.29, 0.717) is 6.61 Å². The van der Waals surface area contributed by atoms with E-state index in [1.54, 1.807) is 0 Å². The number of hydrogen-bond donors (Lipinski definition) is 1. The molecule has 0 unspecified atom stereocenters. The van der Waals surface area contributed by atoms with E-state index in [0.717, 1.165) is 19.4 Å². The minimum Gasteiger partial charge on any atom is -0.465 e. The van der Waals surface area contributed by atoms with Gasteiger partial charge >= 0.3 is 5.97 Å². The first kappa shape index (κ1) is 10.7. The Kier molecular flexibility index (Phi) is 7.62. The third kappa shape index (κ3) is 7.62. The molecule has 0 fully saturated rings. The molecule has 0 aromatic carbocycles.